The van der Waals surface area contributed by atoms with E-state index in [-0.39, 0.29) is 0 Å². The molecule has 96 valence electrons. The maximum atomic E-state index is 4.22. The highest BCUT2D eigenvalue weighted by molar-refractivity contribution is 8.06. The zero-order valence-electron chi connectivity index (χ0n) is 10.6. The highest BCUT2D eigenvalue weighted by Crippen LogP contribution is 2.23. The molecule has 1 fully saturated rings. The molecule has 1 aliphatic heterocycles. The van der Waals surface area contributed by atoms with E-state index in [1.165, 1.54) is 23.0 Å². The van der Waals surface area contributed by atoms with E-state index in [9.17, 15) is 0 Å². The van der Waals surface area contributed by atoms with Crippen molar-refractivity contribution in [2.24, 2.45) is 0 Å². The van der Waals surface area contributed by atoms with Crippen LogP contribution in [0.2, 0.25) is 0 Å². The molecule has 0 aromatic carbocycles. The first-order valence-corrected chi connectivity index (χ1v) is 8.38. The summed E-state index contributed by atoms with van der Waals surface area (Å²) in [5, 5.41) is 4.34. The fourth-order valence-corrected chi connectivity index (χ4v) is 4.60. The minimum Gasteiger partial charge on any atom is -0.331 e. The van der Waals surface area contributed by atoms with Crippen molar-refractivity contribution in [1.82, 2.24) is 14.9 Å². The van der Waals surface area contributed by atoms with Crippen molar-refractivity contribution in [3.05, 3.63) is 18.2 Å². The molecule has 3 nitrogen and oxygen atoms in total. The molecule has 0 saturated carbocycles. The molecule has 1 N–H and O–H groups in total. The lowest BCUT2D eigenvalue weighted by Gasteiger charge is -2.21. The normalized spacial score (nSPS) is 21.0. The van der Waals surface area contributed by atoms with E-state index in [2.05, 4.69) is 52.2 Å². The molecule has 0 spiro atoms. The Morgan fingerprint density at radius 3 is 3.12 bits per heavy atom. The zero-order chi connectivity index (χ0) is 12.1. The maximum absolute atomic E-state index is 4.22. The van der Waals surface area contributed by atoms with Crippen molar-refractivity contribution in [1.29, 1.82) is 0 Å². The highest BCUT2D eigenvalue weighted by Gasteiger charge is 2.14. The quantitative estimate of drug-likeness (QED) is 0.890. The molecule has 0 amide bonds. The molecule has 17 heavy (non-hydrogen) atoms. The van der Waals surface area contributed by atoms with E-state index in [0.717, 1.165) is 18.3 Å². The predicted octanol–water partition coefficient (Wildman–Crippen LogP) is 2.40. The smallest absolute Gasteiger partial charge is 0.0951 e. The van der Waals surface area contributed by atoms with Crippen LogP contribution in [0.3, 0.4) is 0 Å². The highest BCUT2D eigenvalue weighted by atomic mass is 32.2. The summed E-state index contributed by atoms with van der Waals surface area (Å²) in [5.74, 6) is 3.92. The maximum Gasteiger partial charge on any atom is 0.0951 e. The Balaban J connectivity index is 1.75. The van der Waals surface area contributed by atoms with Crippen LogP contribution >= 0.6 is 23.5 Å². The van der Waals surface area contributed by atoms with E-state index in [0.29, 0.717) is 6.04 Å². The van der Waals surface area contributed by atoms with Crippen LogP contribution in [-0.4, -0.2) is 38.6 Å². The second kappa shape index (κ2) is 6.71. The lowest BCUT2D eigenvalue weighted by molar-refractivity contribution is 0.551. The molecule has 1 aromatic rings. The molecule has 1 unspecified atom stereocenters. The van der Waals surface area contributed by atoms with Crippen molar-refractivity contribution >= 4 is 23.5 Å². The molecule has 1 aromatic heterocycles. The van der Waals surface area contributed by atoms with Gasteiger partial charge in [-0.05, 0) is 13.8 Å². The summed E-state index contributed by atoms with van der Waals surface area (Å²) in [6, 6.07) is 0.494. The monoisotopic (exact) mass is 271 g/mol. The van der Waals surface area contributed by atoms with Gasteiger partial charge in [-0.1, -0.05) is 0 Å². The molecular formula is C12H21N3S2. The molecule has 1 saturated heterocycles. The number of nitrogens with zero attached hydrogens (tertiary/aromatic N) is 2. The average Bonchev–Trinajstić information content (AvgIpc) is 2.79. The number of hydrogen-bond donors (Lipinski definition) is 1. The summed E-state index contributed by atoms with van der Waals surface area (Å²) in [5.41, 5.74) is 1.29. The van der Waals surface area contributed by atoms with Gasteiger partial charge in [-0.25, -0.2) is 4.98 Å². The molecule has 5 heteroatoms. The molecule has 1 aliphatic rings. The van der Waals surface area contributed by atoms with Crippen molar-refractivity contribution in [2.45, 2.75) is 31.7 Å². The first-order chi connectivity index (χ1) is 8.27. The summed E-state index contributed by atoms with van der Waals surface area (Å²) < 4.78 is 2.23. The van der Waals surface area contributed by atoms with Gasteiger partial charge in [-0.15, -0.1) is 0 Å². The minimum atomic E-state index is 0.494. The Bertz CT molecular complexity index is 332. The van der Waals surface area contributed by atoms with Crippen LogP contribution in [0.4, 0.5) is 0 Å². The fraction of sp³-hybridized carbons (Fsp3) is 0.750. The Kier molecular flexibility index (Phi) is 5.25. The third-order valence-corrected chi connectivity index (χ3v) is 5.71. The van der Waals surface area contributed by atoms with Gasteiger partial charge < -0.3 is 9.88 Å². The third kappa shape index (κ3) is 3.93. The molecule has 0 bridgehead atoms. The number of thioether (sulfide) groups is 2. The summed E-state index contributed by atoms with van der Waals surface area (Å²) in [6.45, 7) is 6.43. The van der Waals surface area contributed by atoms with Crippen LogP contribution in [0.15, 0.2) is 12.5 Å². The van der Waals surface area contributed by atoms with E-state index >= 15 is 0 Å². The Morgan fingerprint density at radius 2 is 2.41 bits per heavy atom. The van der Waals surface area contributed by atoms with Crippen molar-refractivity contribution in [2.75, 3.05) is 23.8 Å². The molecule has 2 rings (SSSR count). The van der Waals surface area contributed by atoms with Gasteiger partial charge in [0.2, 0.25) is 0 Å². The number of aromatic nitrogens is 2. The Hall–Kier alpha value is -0.130. The number of hydrogen-bond acceptors (Lipinski definition) is 4. The Morgan fingerprint density at radius 1 is 1.53 bits per heavy atom. The summed E-state index contributed by atoms with van der Waals surface area (Å²) in [4.78, 5) is 4.22. The third-order valence-electron chi connectivity index (χ3n) is 2.87. The topological polar surface area (TPSA) is 29.9 Å². The molecule has 0 radical (unpaired) electrons. The predicted molar refractivity (Wildman–Crippen MR) is 77.9 cm³/mol. The van der Waals surface area contributed by atoms with E-state index in [1.807, 2.05) is 12.5 Å². The van der Waals surface area contributed by atoms with E-state index in [4.69, 9.17) is 0 Å². The number of imidazole rings is 1. The summed E-state index contributed by atoms with van der Waals surface area (Å²) in [7, 11) is 0. The number of rotatable bonds is 5. The van der Waals surface area contributed by atoms with Gasteiger partial charge >= 0.3 is 0 Å². The second-order valence-corrected chi connectivity index (χ2v) is 7.14. The summed E-state index contributed by atoms with van der Waals surface area (Å²) in [6.07, 6.45) is 3.89. The van der Waals surface area contributed by atoms with Crippen molar-refractivity contribution in [3.63, 3.8) is 0 Å². The molecular weight excluding hydrogens is 250 g/mol. The van der Waals surface area contributed by atoms with Gasteiger partial charge in [0.1, 0.15) is 0 Å². The van der Waals surface area contributed by atoms with Gasteiger partial charge in [0.25, 0.3) is 0 Å². The lowest BCUT2D eigenvalue weighted by Crippen LogP contribution is -2.29. The van der Waals surface area contributed by atoms with E-state index < -0.39 is 0 Å². The first-order valence-electron chi connectivity index (χ1n) is 6.18. The van der Waals surface area contributed by atoms with Gasteiger partial charge in [0, 0.05) is 47.8 Å². The first kappa shape index (κ1) is 13.3. The van der Waals surface area contributed by atoms with Crippen LogP contribution in [0.5, 0.6) is 0 Å². The largest absolute Gasteiger partial charge is 0.331 e. The molecule has 1 atom stereocenters. The van der Waals surface area contributed by atoms with Crippen LogP contribution < -0.4 is 5.32 Å². The number of nitrogens with one attached hydrogen (secondary N) is 1. The fourth-order valence-electron chi connectivity index (χ4n) is 1.95. The second-order valence-electron chi connectivity index (χ2n) is 4.58. The average molecular weight is 271 g/mol. The van der Waals surface area contributed by atoms with Crippen LogP contribution in [0.1, 0.15) is 25.6 Å². The molecule has 0 aliphatic carbocycles. The standard InChI is InChI=1S/C12H21N3S2/c1-10(2)15-9-14-6-11(15)5-13-7-12-8-16-3-4-17-12/h6,9-10,12-13H,3-5,7-8H2,1-2H3. The van der Waals surface area contributed by atoms with Crippen LogP contribution in [0.25, 0.3) is 0 Å². The van der Waals surface area contributed by atoms with Gasteiger partial charge in [-0.2, -0.15) is 23.5 Å². The lowest BCUT2D eigenvalue weighted by atomic mass is 10.3. The summed E-state index contributed by atoms with van der Waals surface area (Å²) >= 11 is 4.19. The zero-order valence-corrected chi connectivity index (χ0v) is 12.2. The minimum absolute atomic E-state index is 0.494. The van der Waals surface area contributed by atoms with Gasteiger partial charge in [0.15, 0.2) is 0 Å². The van der Waals surface area contributed by atoms with Gasteiger partial charge in [0.05, 0.1) is 12.0 Å². The van der Waals surface area contributed by atoms with Crippen LogP contribution in [-0.2, 0) is 6.54 Å². The SMILES string of the molecule is CC(C)n1cncc1CNCC1CSCCS1. The van der Waals surface area contributed by atoms with Crippen LogP contribution in [0, 0.1) is 0 Å². The molecule has 2 heterocycles. The van der Waals surface area contributed by atoms with Gasteiger partial charge in [-0.3, -0.25) is 0 Å². The van der Waals surface area contributed by atoms with Crippen molar-refractivity contribution in [3.8, 4) is 0 Å². The Labute approximate surface area is 112 Å². The van der Waals surface area contributed by atoms with Crippen molar-refractivity contribution < 1.29 is 0 Å². The van der Waals surface area contributed by atoms with E-state index in [1.54, 1.807) is 0 Å².